The summed E-state index contributed by atoms with van der Waals surface area (Å²) in [6.45, 7) is 10.6. The molecule has 2 aliphatic rings. The maximum atomic E-state index is 12.2. The Labute approximate surface area is 134 Å². The number of hydrogen-bond acceptors (Lipinski definition) is 3. The summed E-state index contributed by atoms with van der Waals surface area (Å²) in [6, 6.07) is 0. The van der Waals surface area contributed by atoms with Gasteiger partial charge in [0.15, 0.2) is 0 Å². The molecule has 0 aromatic heterocycles. The molecule has 0 amide bonds. The minimum absolute atomic E-state index is 0.0828. The Bertz CT molecular complexity index is 463. The zero-order valence-electron chi connectivity index (χ0n) is 14.5. The quantitative estimate of drug-likeness (QED) is 0.805. The van der Waals surface area contributed by atoms with Crippen molar-refractivity contribution in [2.24, 2.45) is 29.6 Å². The van der Waals surface area contributed by atoms with Crippen molar-refractivity contribution in [3.63, 3.8) is 0 Å². The first-order valence-electron chi connectivity index (χ1n) is 8.63. The van der Waals surface area contributed by atoms with E-state index >= 15 is 0 Å². The van der Waals surface area contributed by atoms with Gasteiger partial charge in [0.2, 0.25) is 0 Å². The molecule has 0 fully saturated rings. The second-order valence-corrected chi connectivity index (χ2v) is 7.32. The third-order valence-corrected chi connectivity index (χ3v) is 5.31. The second kappa shape index (κ2) is 6.99. The molecule has 0 bridgehead atoms. The second-order valence-electron chi connectivity index (χ2n) is 7.32. The van der Waals surface area contributed by atoms with Gasteiger partial charge in [0.1, 0.15) is 6.10 Å². The maximum absolute atomic E-state index is 12.2. The van der Waals surface area contributed by atoms with Crippen molar-refractivity contribution in [2.75, 3.05) is 0 Å². The Morgan fingerprint density at radius 1 is 1.41 bits per heavy atom. The Morgan fingerprint density at radius 2 is 2.09 bits per heavy atom. The third kappa shape index (κ3) is 3.45. The van der Waals surface area contributed by atoms with E-state index in [-0.39, 0.29) is 23.9 Å². The van der Waals surface area contributed by atoms with Crippen molar-refractivity contribution in [1.82, 2.24) is 0 Å². The van der Waals surface area contributed by atoms with Crippen LogP contribution in [0.15, 0.2) is 23.8 Å². The van der Waals surface area contributed by atoms with Gasteiger partial charge >= 0.3 is 5.97 Å². The van der Waals surface area contributed by atoms with Crippen LogP contribution in [-0.4, -0.2) is 23.3 Å². The van der Waals surface area contributed by atoms with Gasteiger partial charge in [-0.2, -0.15) is 0 Å². The van der Waals surface area contributed by atoms with E-state index < -0.39 is 6.10 Å². The SMILES string of the molecule is CC[C@H](C)C(=O)O[C@H]1C[C@@H](O)C=C2C=C[C@@H](C)[C@H](C(C)C)C21. The highest BCUT2D eigenvalue weighted by molar-refractivity contribution is 5.72. The van der Waals surface area contributed by atoms with Crippen molar-refractivity contribution >= 4 is 5.97 Å². The van der Waals surface area contributed by atoms with Crippen molar-refractivity contribution in [2.45, 2.75) is 59.7 Å². The Morgan fingerprint density at radius 3 is 2.68 bits per heavy atom. The van der Waals surface area contributed by atoms with Gasteiger partial charge in [-0.1, -0.05) is 52.8 Å². The van der Waals surface area contributed by atoms with Gasteiger partial charge < -0.3 is 9.84 Å². The van der Waals surface area contributed by atoms with E-state index in [4.69, 9.17) is 4.74 Å². The smallest absolute Gasteiger partial charge is 0.308 e. The molecule has 2 aliphatic carbocycles. The summed E-state index contributed by atoms with van der Waals surface area (Å²) in [6.07, 6.45) is 6.84. The molecule has 3 nitrogen and oxygen atoms in total. The van der Waals surface area contributed by atoms with Gasteiger partial charge in [-0.25, -0.2) is 0 Å². The lowest BCUT2D eigenvalue weighted by atomic mass is 9.64. The first-order valence-corrected chi connectivity index (χ1v) is 8.63. The Balaban J connectivity index is 2.28. The number of carbonyl (C=O) groups excluding carboxylic acids is 1. The van der Waals surface area contributed by atoms with Crippen LogP contribution in [0.1, 0.15) is 47.5 Å². The largest absolute Gasteiger partial charge is 0.461 e. The number of fused-ring (bicyclic) bond motifs is 1. The Kier molecular flexibility index (Phi) is 5.49. The minimum atomic E-state index is -0.521. The molecular formula is C19H30O3. The molecule has 0 radical (unpaired) electrons. The fourth-order valence-corrected chi connectivity index (χ4v) is 3.93. The third-order valence-electron chi connectivity index (χ3n) is 5.31. The van der Waals surface area contributed by atoms with Gasteiger partial charge in [-0.3, -0.25) is 4.79 Å². The molecule has 124 valence electrons. The van der Waals surface area contributed by atoms with Crippen LogP contribution in [0.2, 0.25) is 0 Å². The molecule has 0 spiro atoms. The summed E-state index contributed by atoms with van der Waals surface area (Å²) in [5, 5.41) is 10.1. The number of carbonyl (C=O) groups is 1. The lowest BCUT2D eigenvalue weighted by molar-refractivity contribution is -0.159. The summed E-state index contributed by atoms with van der Waals surface area (Å²) in [5.74, 6) is 1.40. The maximum Gasteiger partial charge on any atom is 0.308 e. The fourth-order valence-electron chi connectivity index (χ4n) is 3.93. The number of ether oxygens (including phenoxy) is 1. The molecule has 0 heterocycles. The van der Waals surface area contributed by atoms with Crippen molar-refractivity contribution in [3.8, 4) is 0 Å². The molecule has 0 aromatic rings. The lowest BCUT2D eigenvalue weighted by Gasteiger charge is -2.44. The molecule has 0 saturated carbocycles. The summed E-state index contributed by atoms with van der Waals surface area (Å²) in [4.78, 5) is 12.2. The topological polar surface area (TPSA) is 46.5 Å². The Hall–Kier alpha value is -1.09. The molecule has 2 rings (SSSR count). The van der Waals surface area contributed by atoms with E-state index in [1.54, 1.807) is 0 Å². The number of allylic oxidation sites excluding steroid dienone is 2. The molecular weight excluding hydrogens is 276 g/mol. The average Bonchev–Trinajstić information content (AvgIpc) is 2.46. The van der Waals surface area contributed by atoms with Crippen LogP contribution in [0, 0.1) is 29.6 Å². The normalized spacial score (nSPS) is 35.8. The molecule has 3 heteroatoms. The van der Waals surface area contributed by atoms with Gasteiger partial charge in [-0.15, -0.1) is 0 Å². The van der Waals surface area contributed by atoms with Crippen LogP contribution < -0.4 is 0 Å². The van der Waals surface area contributed by atoms with E-state index in [1.807, 2.05) is 19.9 Å². The van der Waals surface area contributed by atoms with Gasteiger partial charge in [0.25, 0.3) is 0 Å². The van der Waals surface area contributed by atoms with E-state index in [0.717, 1.165) is 12.0 Å². The minimum Gasteiger partial charge on any atom is -0.461 e. The fraction of sp³-hybridized carbons (Fsp3) is 0.737. The van der Waals surface area contributed by atoms with Crippen LogP contribution in [0.25, 0.3) is 0 Å². The molecule has 1 unspecified atom stereocenters. The number of esters is 1. The average molecular weight is 306 g/mol. The molecule has 6 atom stereocenters. The molecule has 0 saturated heterocycles. The van der Waals surface area contributed by atoms with Crippen molar-refractivity contribution in [1.29, 1.82) is 0 Å². The van der Waals surface area contributed by atoms with Crippen molar-refractivity contribution in [3.05, 3.63) is 23.8 Å². The summed E-state index contributed by atoms with van der Waals surface area (Å²) >= 11 is 0. The first-order chi connectivity index (χ1) is 10.3. The van der Waals surface area contributed by atoms with Gasteiger partial charge in [0, 0.05) is 12.3 Å². The lowest BCUT2D eigenvalue weighted by Crippen LogP contribution is -2.44. The van der Waals surface area contributed by atoms with Gasteiger partial charge in [0.05, 0.1) is 12.0 Å². The van der Waals surface area contributed by atoms with Crippen molar-refractivity contribution < 1.29 is 14.6 Å². The van der Waals surface area contributed by atoms with E-state index in [9.17, 15) is 9.90 Å². The van der Waals surface area contributed by atoms with E-state index in [0.29, 0.717) is 24.2 Å². The number of hydrogen-bond donors (Lipinski definition) is 1. The van der Waals surface area contributed by atoms with Crippen LogP contribution in [0.4, 0.5) is 0 Å². The molecule has 0 aliphatic heterocycles. The zero-order valence-corrected chi connectivity index (χ0v) is 14.5. The predicted octanol–water partition coefficient (Wildman–Crippen LogP) is 3.73. The summed E-state index contributed by atoms with van der Waals surface area (Å²) in [7, 11) is 0. The van der Waals surface area contributed by atoms with Gasteiger partial charge in [-0.05, 0) is 29.7 Å². The number of rotatable bonds is 4. The summed E-state index contributed by atoms with van der Waals surface area (Å²) in [5.41, 5.74) is 1.14. The van der Waals surface area contributed by atoms with Crippen LogP contribution in [0.5, 0.6) is 0 Å². The summed E-state index contributed by atoms with van der Waals surface area (Å²) < 4.78 is 5.84. The molecule has 0 aromatic carbocycles. The highest BCUT2D eigenvalue weighted by Gasteiger charge is 2.43. The zero-order chi connectivity index (χ0) is 16.4. The van der Waals surface area contributed by atoms with Crippen LogP contribution >= 0.6 is 0 Å². The first kappa shape index (κ1) is 17.3. The monoisotopic (exact) mass is 306 g/mol. The number of aliphatic hydroxyl groups is 1. The molecule has 1 N–H and O–H groups in total. The van der Waals surface area contributed by atoms with E-state index in [2.05, 4.69) is 32.9 Å². The standard InChI is InChI=1S/C19H30O3/c1-6-12(4)19(21)22-16-10-15(20)9-14-8-7-13(5)17(11(2)3)18(14)16/h7-9,11-13,15-18,20H,6,10H2,1-5H3/t12-,13+,15-,16-,17-,18?/m0/s1. The van der Waals surface area contributed by atoms with E-state index in [1.165, 1.54) is 0 Å². The predicted molar refractivity (Wildman–Crippen MR) is 88.2 cm³/mol. The van der Waals surface area contributed by atoms with Crippen LogP contribution in [-0.2, 0) is 9.53 Å². The number of aliphatic hydroxyl groups excluding tert-OH is 1. The van der Waals surface area contributed by atoms with Crippen LogP contribution in [0.3, 0.4) is 0 Å². The highest BCUT2D eigenvalue weighted by Crippen LogP contribution is 2.44. The highest BCUT2D eigenvalue weighted by atomic mass is 16.5. The molecule has 22 heavy (non-hydrogen) atoms.